The number of piperidine rings is 1. The van der Waals surface area contributed by atoms with Crippen molar-refractivity contribution in [3.05, 3.63) is 0 Å². The van der Waals surface area contributed by atoms with Crippen molar-refractivity contribution >= 4 is 0 Å². The summed E-state index contributed by atoms with van der Waals surface area (Å²) in [6, 6.07) is 0.413. The van der Waals surface area contributed by atoms with Gasteiger partial charge in [-0.25, -0.2) is 0 Å². The number of hydrogen-bond acceptors (Lipinski definition) is 2. The summed E-state index contributed by atoms with van der Waals surface area (Å²) in [6.07, 6.45) is 6.21. The van der Waals surface area contributed by atoms with Gasteiger partial charge in [-0.2, -0.15) is 0 Å². The molecule has 0 aromatic heterocycles. The van der Waals surface area contributed by atoms with Crippen molar-refractivity contribution in [2.24, 2.45) is 5.92 Å². The number of nitrogens with one attached hydrogen (secondary N) is 1. The van der Waals surface area contributed by atoms with Gasteiger partial charge >= 0.3 is 0 Å². The van der Waals surface area contributed by atoms with Crippen LogP contribution in [0.2, 0.25) is 0 Å². The molecular formula is C9H17NO. The SMILES string of the molecule is O[C@@H](C1CC1)[C@H]1CCCCN1. The van der Waals surface area contributed by atoms with E-state index < -0.39 is 0 Å². The zero-order chi connectivity index (χ0) is 7.68. The van der Waals surface area contributed by atoms with Crippen LogP contribution in [0.3, 0.4) is 0 Å². The highest BCUT2D eigenvalue weighted by atomic mass is 16.3. The summed E-state index contributed by atoms with van der Waals surface area (Å²) < 4.78 is 0. The van der Waals surface area contributed by atoms with Crippen LogP contribution in [-0.4, -0.2) is 23.8 Å². The molecule has 0 aromatic rings. The van der Waals surface area contributed by atoms with Crippen LogP contribution in [0, 0.1) is 5.92 Å². The molecule has 1 aliphatic heterocycles. The van der Waals surface area contributed by atoms with Crippen molar-refractivity contribution in [2.45, 2.75) is 44.2 Å². The van der Waals surface area contributed by atoms with Gasteiger partial charge in [0.2, 0.25) is 0 Å². The first-order chi connectivity index (χ1) is 5.38. The van der Waals surface area contributed by atoms with Crippen molar-refractivity contribution < 1.29 is 5.11 Å². The molecule has 2 heteroatoms. The van der Waals surface area contributed by atoms with Gasteiger partial charge in [0.25, 0.3) is 0 Å². The van der Waals surface area contributed by atoms with Crippen LogP contribution in [0.5, 0.6) is 0 Å². The van der Waals surface area contributed by atoms with E-state index >= 15 is 0 Å². The van der Waals surface area contributed by atoms with Crippen LogP contribution in [0.15, 0.2) is 0 Å². The highest BCUT2D eigenvalue weighted by Gasteiger charge is 2.35. The van der Waals surface area contributed by atoms with Crippen molar-refractivity contribution in [3.63, 3.8) is 0 Å². The molecule has 1 saturated carbocycles. The third-order valence-electron chi connectivity index (χ3n) is 2.87. The molecule has 1 aliphatic carbocycles. The Bertz CT molecular complexity index is 128. The smallest absolute Gasteiger partial charge is 0.0721 e. The summed E-state index contributed by atoms with van der Waals surface area (Å²) in [7, 11) is 0. The Hall–Kier alpha value is -0.0800. The predicted octanol–water partition coefficient (Wildman–Crippen LogP) is 0.899. The summed E-state index contributed by atoms with van der Waals surface area (Å²) in [4.78, 5) is 0. The lowest BCUT2D eigenvalue weighted by molar-refractivity contribution is 0.0931. The zero-order valence-electron chi connectivity index (χ0n) is 6.92. The predicted molar refractivity (Wildman–Crippen MR) is 44.4 cm³/mol. The Kier molecular flexibility index (Phi) is 2.14. The van der Waals surface area contributed by atoms with Crippen LogP contribution in [-0.2, 0) is 0 Å². The minimum absolute atomic E-state index is 0.0460. The van der Waals surface area contributed by atoms with Crippen LogP contribution in [0.25, 0.3) is 0 Å². The third kappa shape index (κ3) is 1.74. The maximum absolute atomic E-state index is 9.75. The van der Waals surface area contributed by atoms with Gasteiger partial charge in [0.15, 0.2) is 0 Å². The van der Waals surface area contributed by atoms with Gasteiger partial charge in [0, 0.05) is 6.04 Å². The van der Waals surface area contributed by atoms with E-state index in [-0.39, 0.29) is 6.10 Å². The Morgan fingerprint density at radius 1 is 1.18 bits per heavy atom. The van der Waals surface area contributed by atoms with E-state index in [0.29, 0.717) is 12.0 Å². The van der Waals surface area contributed by atoms with Gasteiger partial charge < -0.3 is 10.4 Å². The molecule has 0 unspecified atom stereocenters. The molecular weight excluding hydrogens is 138 g/mol. The molecule has 2 fully saturated rings. The van der Waals surface area contributed by atoms with E-state index in [1.807, 2.05) is 0 Å². The van der Waals surface area contributed by atoms with Crippen molar-refractivity contribution in [3.8, 4) is 0 Å². The first-order valence-corrected chi connectivity index (χ1v) is 4.79. The van der Waals surface area contributed by atoms with E-state index in [1.54, 1.807) is 0 Å². The van der Waals surface area contributed by atoms with Crippen molar-refractivity contribution in [1.82, 2.24) is 5.32 Å². The van der Waals surface area contributed by atoms with Crippen molar-refractivity contribution in [2.75, 3.05) is 6.54 Å². The van der Waals surface area contributed by atoms with Crippen LogP contribution in [0.1, 0.15) is 32.1 Å². The number of hydrogen-bond donors (Lipinski definition) is 2. The standard InChI is InChI=1S/C9H17NO/c11-9(7-4-5-7)8-3-1-2-6-10-8/h7-11H,1-6H2/t8-,9+/m1/s1. The normalized spacial score (nSPS) is 35.2. The van der Waals surface area contributed by atoms with E-state index in [9.17, 15) is 5.11 Å². The van der Waals surface area contributed by atoms with Crippen LogP contribution < -0.4 is 5.32 Å². The van der Waals surface area contributed by atoms with E-state index in [2.05, 4.69) is 5.32 Å². The third-order valence-corrected chi connectivity index (χ3v) is 2.87. The van der Waals surface area contributed by atoms with Gasteiger partial charge in [-0.15, -0.1) is 0 Å². The molecule has 0 radical (unpaired) electrons. The molecule has 2 aliphatic rings. The van der Waals surface area contributed by atoms with Gasteiger partial charge in [-0.05, 0) is 38.1 Å². The molecule has 2 nitrogen and oxygen atoms in total. The van der Waals surface area contributed by atoms with Gasteiger partial charge in [-0.1, -0.05) is 6.42 Å². The fourth-order valence-corrected chi connectivity index (χ4v) is 1.94. The minimum Gasteiger partial charge on any atom is -0.391 e. The molecule has 2 atom stereocenters. The molecule has 1 heterocycles. The molecule has 0 bridgehead atoms. The van der Waals surface area contributed by atoms with Crippen molar-refractivity contribution in [1.29, 1.82) is 0 Å². The average molecular weight is 155 g/mol. The molecule has 11 heavy (non-hydrogen) atoms. The highest BCUT2D eigenvalue weighted by Crippen LogP contribution is 2.35. The summed E-state index contributed by atoms with van der Waals surface area (Å²) in [6.45, 7) is 1.11. The molecule has 0 aromatic carbocycles. The Labute approximate surface area is 68.0 Å². The second-order valence-electron chi connectivity index (χ2n) is 3.88. The highest BCUT2D eigenvalue weighted by molar-refractivity contribution is 4.90. The topological polar surface area (TPSA) is 32.3 Å². The number of aliphatic hydroxyl groups is 1. The summed E-state index contributed by atoms with van der Waals surface area (Å²) in [5, 5.41) is 13.1. The Morgan fingerprint density at radius 2 is 2.00 bits per heavy atom. The largest absolute Gasteiger partial charge is 0.391 e. The first kappa shape index (κ1) is 7.56. The van der Waals surface area contributed by atoms with E-state index in [0.717, 1.165) is 6.54 Å². The summed E-state index contributed by atoms with van der Waals surface area (Å²) >= 11 is 0. The molecule has 2 rings (SSSR count). The number of rotatable bonds is 2. The fraction of sp³-hybridized carbons (Fsp3) is 1.00. The average Bonchev–Trinajstić information content (AvgIpc) is 2.87. The quantitative estimate of drug-likeness (QED) is 0.621. The lowest BCUT2D eigenvalue weighted by Gasteiger charge is -2.27. The van der Waals surface area contributed by atoms with Crippen LogP contribution >= 0.6 is 0 Å². The maximum Gasteiger partial charge on any atom is 0.0721 e. The Balaban J connectivity index is 1.81. The zero-order valence-corrected chi connectivity index (χ0v) is 6.92. The summed E-state index contributed by atoms with van der Waals surface area (Å²) in [5.41, 5.74) is 0. The van der Waals surface area contributed by atoms with E-state index in [1.165, 1.54) is 32.1 Å². The lowest BCUT2D eigenvalue weighted by Crippen LogP contribution is -2.44. The first-order valence-electron chi connectivity index (χ1n) is 4.79. The summed E-state index contributed by atoms with van der Waals surface area (Å²) in [5.74, 6) is 0.630. The molecule has 1 saturated heterocycles. The number of aliphatic hydroxyl groups excluding tert-OH is 1. The fourth-order valence-electron chi connectivity index (χ4n) is 1.94. The van der Waals surface area contributed by atoms with Gasteiger partial charge in [0.05, 0.1) is 6.10 Å². The monoisotopic (exact) mass is 155 g/mol. The van der Waals surface area contributed by atoms with Gasteiger partial charge in [-0.3, -0.25) is 0 Å². The molecule has 0 spiro atoms. The minimum atomic E-state index is -0.0460. The van der Waals surface area contributed by atoms with Gasteiger partial charge in [0.1, 0.15) is 0 Å². The Morgan fingerprint density at radius 3 is 2.55 bits per heavy atom. The molecule has 0 amide bonds. The molecule has 64 valence electrons. The second kappa shape index (κ2) is 3.11. The second-order valence-corrected chi connectivity index (χ2v) is 3.88. The maximum atomic E-state index is 9.75. The van der Waals surface area contributed by atoms with E-state index in [4.69, 9.17) is 0 Å². The molecule has 2 N–H and O–H groups in total. The lowest BCUT2D eigenvalue weighted by atomic mass is 9.97. The van der Waals surface area contributed by atoms with Crippen LogP contribution in [0.4, 0.5) is 0 Å².